The highest BCUT2D eigenvalue weighted by molar-refractivity contribution is 5.91. The zero-order valence-corrected chi connectivity index (χ0v) is 9.77. The van der Waals surface area contributed by atoms with E-state index in [1.54, 1.807) is 27.8 Å². The number of hydrogen-bond acceptors (Lipinski definition) is 4. The second kappa shape index (κ2) is 4.34. The summed E-state index contributed by atoms with van der Waals surface area (Å²) in [5, 5.41) is 6.32. The predicted molar refractivity (Wildman–Crippen MR) is 58.5 cm³/mol. The van der Waals surface area contributed by atoms with Crippen LogP contribution in [0.2, 0.25) is 0 Å². The van der Waals surface area contributed by atoms with Gasteiger partial charge in [-0.2, -0.15) is 5.10 Å². The summed E-state index contributed by atoms with van der Waals surface area (Å²) in [5.74, 6) is 0. The van der Waals surface area contributed by atoms with Crippen LogP contribution in [0.15, 0.2) is 6.20 Å². The summed E-state index contributed by atoms with van der Waals surface area (Å²) in [6.07, 6.45) is 1.41. The van der Waals surface area contributed by atoms with Crippen molar-refractivity contribution in [2.24, 2.45) is 7.05 Å². The third kappa shape index (κ3) is 3.08. The quantitative estimate of drug-likeness (QED) is 0.775. The van der Waals surface area contributed by atoms with E-state index in [9.17, 15) is 9.59 Å². The van der Waals surface area contributed by atoms with E-state index in [4.69, 9.17) is 4.74 Å². The van der Waals surface area contributed by atoms with Gasteiger partial charge in [0.1, 0.15) is 11.3 Å². The fourth-order valence-electron chi connectivity index (χ4n) is 1.10. The number of aromatic nitrogens is 2. The molecule has 1 rings (SSSR count). The first-order chi connectivity index (χ1) is 7.33. The Hall–Kier alpha value is -1.85. The Morgan fingerprint density at radius 3 is 2.69 bits per heavy atom. The number of rotatable bonds is 2. The van der Waals surface area contributed by atoms with Gasteiger partial charge < -0.3 is 4.74 Å². The largest absolute Gasteiger partial charge is 0.444 e. The molecule has 16 heavy (non-hydrogen) atoms. The van der Waals surface area contributed by atoms with Crippen molar-refractivity contribution in [1.82, 2.24) is 9.78 Å². The summed E-state index contributed by atoms with van der Waals surface area (Å²) < 4.78 is 6.42. The summed E-state index contributed by atoms with van der Waals surface area (Å²) in [6, 6.07) is 0. The van der Waals surface area contributed by atoms with Gasteiger partial charge in [0.15, 0.2) is 6.29 Å². The lowest BCUT2D eigenvalue weighted by atomic mass is 10.2. The Kier molecular flexibility index (Phi) is 3.31. The molecule has 0 spiro atoms. The second-order valence-corrected chi connectivity index (χ2v) is 4.31. The Balaban J connectivity index is 2.74. The van der Waals surface area contributed by atoms with Crippen molar-refractivity contribution in [3.63, 3.8) is 0 Å². The fraction of sp³-hybridized carbons (Fsp3) is 0.500. The van der Waals surface area contributed by atoms with E-state index < -0.39 is 11.7 Å². The average molecular weight is 225 g/mol. The molecule has 0 radical (unpaired) electrons. The van der Waals surface area contributed by atoms with Crippen LogP contribution in [0.4, 0.5) is 10.5 Å². The van der Waals surface area contributed by atoms with Crippen molar-refractivity contribution in [3.05, 3.63) is 11.9 Å². The van der Waals surface area contributed by atoms with Crippen molar-refractivity contribution < 1.29 is 14.3 Å². The molecule has 0 aliphatic rings. The third-order valence-electron chi connectivity index (χ3n) is 1.73. The number of nitrogens with zero attached hydrogens (tertiary/aromatic N) is 2. The minimum absolute atomic E-state index is 0.297. The third-order valence-corrected chi connectivity index (χ3v) is 1.73. The van der Waals surface area contributed by atoms with Crippen LogP contribution < -0.4 is 5.32 Å². The lowest BCUT2D eigenvalue weighted by molar-refractivity contribution is 0.0636. The highest BCUT2D eigenvalue weighted by atomic mass is 16.6. The number of hydrogen-bond donors (Lipinski definition) is 1. The molecular weight excluding hydrogens is 210 g/mol. The highest BCUT2D eigenvalue weighted by Crippen LogP contribution is 2.14. The van der Waals surface area contributed by atoms with E-state index in [-0.39, 0.29) is 0 Å². The number of carbonyl (C=O) groups is 2. The van der Waals surface area contributed by atoms with Gasteiger partial charge in [0.05, 0.1) is 11.9 Å². The lowest BCUT2D eigenvalue weighted by Gasteiger charge is -2.19. The van der Waals surface area contributed by atoms with Crippen molar-refractivity contribution >= 4 is 18.1 Å². The van der Waals surface area contributed by atoms with Crippen molar-refractivity contribution in [3.8, 4) is 0 Å². The van der Waals surface area contributed by atoms with Gasteiger partial charge in [0.25, 0.3) is 0 Å². The maximum absolute atomic E-state index is 11.4. The zero-order valence-electron chi connectivity index (χ0n) is 9.77. The van der Waals surface area contributed by atoms with Crippen LogP contribution in [0.1, 0.15) is 31.3 Å². The highest BCUT2D eigenvalue weighted by Gasteiger charge is 2.18. The Morgan fingerprint density at radius 2 is 2.19 bits per heavy atom. The molecule has 0 aromatic carbocycles. The number of aryl methyl sites for hydroxylation is 1. The molecule has 0 unspecified atom stereocenters. The van der Waals surface area contributed by atoms with Gasteiger partial charge in [-0.25, -0.2) is 4.79 Å². The van der Waals surface area contributed by atoms with Gasteiger partial charge in [0, 0.05) is 7.05 Å². The van der Waals surface area contributed by atoms with Crippen LogP contribution in [0.25, 0.3) is 0 Å². The predicted octanol–water partition coefficient (Wildman–Crippen LogP) is 1.58. The van der Waals surface area contributed by atoms with Gasteiger partial charge in [-0.1, -0.05) is 0 Å². The van der Waals surface area contributed by atoms with E-state index in [1.807, 2.05) is 0 Å². The molecule has 1 amide bonds. The monoisotopic (exact) mass is 225 g/mol. The van der Waals surface area contributed by atoms with Crippen LogP contribution in [0.3, 0.4) is 0 Å². The number of anilines is 1. The van der Waals surface area contributed by atoms with Gasteiger partial charge in [-0.05, 0) is 20.8 Å². The van der Waals surface area contributed by atoms with Crippen LogP contribution in [0.5, 0.6) is 0 Å². The molecule has 0 bridgehead atoms. The van der Waals surface area contributed by atoms with Gasteiger partial charge in [-0.3, -0.25) is 14.8 Å². The summed E-state index contributed by atoms with van der Waals surface area (Å²) in [7, 11) is 1.62. The summed E-state index contributed by atoms with van der Waals surface area (Å²) >= 11 is 0. The first-order valence-corrected chi connectivity index (χ1v) is 4.80. The van der Waals surface area contributed by atoms with Gasteiger partial charge in [-0.15, -0.1) is 0 Å². The Bertz CT molecular complexity index is 404. The molecular formula is C10H15N3O3. The van der Waals surface area contributed by atoms with Crippen molar-refractivity contribution in [1.29, 1.82) is 0 Å². The zero-order chi connectivity index (χ0) is 12.3. The van der Waals surface area contributed by atoms with Crippen LogP contribution in [0, 0.1) is 0 Å². The van der Waals surface area contributed by atoms with E-state index in [2.05, 4.69) is 10.4 Å². The number of amides is 1. The normalized spacial score (nSPS) is 11.0. The van der Waals surface area contributed by atoms with E-state index in [0.717, 1.165) is 0 Å². The van der Waals surface area contributed by atoms with E-state index in [1.165, 1.54) is 10.9 Å². The SMILES string of the molecule is Cn1ncc(NC(=O)OC(C)(C)C)c1C=O. The smallest absolute Gasteiger partial charge is 0.412 e. The van der Waals surface area contributed by atoms with Crippen LogP contribution in [-0.2, 0) is 11.8 Å². The standard InChI is InChI=1S/C10H15N3O3/c1-10(2,3)16-9(15)12-7-5-11-13(4)8(7)6-14/h5-6H,1-4H3,(H,12,15). The minimum Gasteiger partial charge on any atom is -0.444 e. The molecule has 0 saturated heterocycles. The molecule has 6 nitrogen and oxygen atoms in total. The van der Waals surface area contributed by atoms with Gasteiger partial charge in [0.2, 0.25) is 0 Å². The molecule has 88 valence electrons. The average Bonchev–Trinajstić information content (AvgIpc) is 2.43. The molecule has 0 aliphatic carbocycles. The van der Waals surface area contributed by atoms with Crippen LogP contribution in [-0.4, -0.2) is 27.8 Å². The van der Waals surface area contributed by atoms with E-state index >= 15 is 0 Å². The minimum atomic E-state index is -0.608. The number of aldehydes is 1. The van der Waals surface area contributed by atoms with Gasteiger partial charge >= 0.3 is 6.09 Å². The molecule has 0 aliphatic heterocycles. The summed E-state index contributed by atoms with van der Waals surface area (Å²) in [6.45, 7) is 5.28. The molecule has 0 atom stereocenters. The Labute approximate surface area is 93.6 Å². The molecule has 1 heterocycles. The van der Waals surface area contributed by atoms with Crippen molar-refractivity contribution in [2.45, 2.75) is 26.4 Å². The number of carbonyl (C=O) groups excluding carboxylic acids is 2. The topological polar surface area (TPSA) is 73.2 Å². The molecule has 0 fully saturated rings. The lowest BCUT2D eigenvalue weighted by Crippen LogP contribution is -2.27. The van der Waals surface area contributed by atoms with E-state index in [0.29, 0.717) is 17.7 Å². The number of ether oxygens (including phenoxy) is 1. The fourth-order valence-corrected chi connectivity index (χ4v) is 1.10. The molecule has 1 aromatic rings. The first-order valence-electron chi connectivity index (χ1n) is 4.80. The maximum atomic E-state index is 11.4. The number of nitrogens with one attached hydrogen (secondary N) is 1. The second-order valence-electron chi connectivity index (χ2n) is 4.31. The molecule has 1 N–H and O–H groups in total. The van der Waals surface area contributed by atoms with Crippen LogP contribution >= 0.6 is 0 Å². The first kappa shape index (κ1) is 12.2. The molecule has 6 heteroatoms. The summed E-state index contributed by atoms with van der Waals surface area (Å²) in [4.78, 5) is 22.1. The molecule has 1 aromatic heterocycles. The maximum Gasteiger partial charge on any atom is 0.412 e. The van der Waals surface area contributed by atoms with Crippen molar-refractivity contribution in [2.75, 3.05) is 5.32 Å². The molecule has 0 saturated carbocycles. The Morgan fingerprint density at radius 1 is 1.56 bits per heavy atom. The summed E-state index contributed by atoms with van der Waals surface area (Å²) in [5.41, 5.74) is 0.0609.